The molecule has 0 aliphatic carbocycles. The number of imide groups is 2. The molecule has 1 saturated heterocycles. The van der Waals surface area contributed by atoms with Crippen LogP contribution in [0.4, 0.5) is 4.79 Å². The molecule has 1 heterocycles. The number of hydrogen-bond acceptors (Lipinski definition) is 4. The lowest BCUT2D eigenvalue weighted by Gasteiger charge is -2.40. The van der Waals surface area contributed by atoms with Crippen molar-refractivity contribution in [2.75, 3.05) is 13.6 Å². The average molecular weight is 268 g/mol. The first-order chi connectivity index (χ1) is 8.75. The van der Waals surface area contributed by atoms with Crippen LogP contribution in [0.1, 0.15) is 19.8 Å². The number of rotatable bonds is 5. The Morgan fingerprint density at radius 3 is 2.42 bits per heavy atom. The number of carboxylic acid groups (broad SMARTS) is 1. The Hall–Kier alpha value is -2.18. The third-order valence-corrected chi connectivity index (χ3v) is 3.16. The molecular formula is C12H16N2O5. The van der Waals surface area contributed by atoms with Gasteiger partial charge in [0.25, 0.3) is 0 Å². The van der Waals surface area contributed by atoms with Gasteiger partial charge in [0.1, 0.15) is 5.41 Å². The van der Waals surface area contributed by atoms with Crippen molar-refractivity contribution in [1.29, 1.82) is 0 Å². The van der Waals surface area contributed by atoms with Gasteiger partial charge in [-0.15, -0.1) is 6.58 Å². The minimum Gasteiger partial charge on any atom is -0.481 e. The van der Waals surface area contributed by atoms with Crippen molar-refractivity contribution in [2.24, 2.45) is 5.41 Å². The van der Waals surface area contributed by atoms with Gasteiger partial charge in [0.15, 0.2) is 0 Å². The zero-order valence-electron chi connectivity index (χ0n) is 10.9. The lowest BCUT2D eigenvalue weighted by molar-refractivity contribution is -0.157. The fourth-order valence-electron chi connectivity index (χ4n) is 1.98. The smallest absolute Gasteiger partial charge is 0.333 e. The normalized spacial score (nSPS) is 23.8. The third kappa shape index (κ3) is 2.49. The number of hydrogen-bond donors (Lipinski definition) is 1. The van der Waals surface area contributed by atoms with E-state index < -0.39 is 29.2 Å². The molecule has 0 aromatic rings. The molecule has 0 aromatic heterocycles. The monoisotopic (exact) mass is 268 g/mol. The number of urea groups is 1. The van der Waals surface area contributed by atoms with Gasteiger partial charge in [-0.05, 0) is 13.3 Å². The van der Waals surface area contributed by atoms with E-state index in [1.54, 1.807) is 0 Å². The van der Waals surface area contributed by atoms with Crippen molar-refractivity contribution in [3.05, 3.63) is 12.7 Å². The summed E-state index contributed by atoms with van der Waals surface area (Å²) in [5, 5.41) is 8.69. The molecule has 1 unspecified atom stereocenters. The summed E-state index contributed by atoms with van der Waals surface area (Å²) in [4.78, 5) is 48.5. The summed E-state index contributed by atoms with van der Waals surface area (Å²) in [6.07, 6.45) is 0.903. The van der Waals surface area contributed by atoms with Crippen molar-refractivity contribution in [2.45, 2.75) is 19.8 Å². The summed E-state index contributed by atoms with van der Waals surface area (Å²) in [7, 11) is 1.27. The Labute approximate surface area is 110 Å². The van der Waals surface area contributed by atoms with Crippen molar-refractivity contribution < 1.29 is 24.3 Å². The Bertz CT molecular complexity index is 459. The Balaban J connectivity index is 3.10. The molecule has 0 saturated carbocycles. The van der Waals surface area contributed by atoms with E-state index in [1.807, 2.05) is 0 Å². The number of carbonyl (C=O) groups excluding carboxylic acids is 3. The lowest BCUT2D eigenvalue weighted by atomic mass is 9.81. The first-order valence-electron chi connectivity index (χ1n) is 5.72. The van der Waals surface area contributed by atoms with Gasteiger partial charge in [-0.25, -0.2) is 4.79 Å². The maximum Gasteiger partial charge on any atom is 0.333 e. The van der Waals surface area contributed by atoms with Crippen LogP contribution >= 0.6 is 0 Å². The van der Waals surface area contributed by atoms with Crippen LogP contribution in [-0.2, 0) is 14.4 Å². The largest absolute Gasteiger partial charge is 0.481 e. The van der Waals surface area contributed by atoms with Gasteiger partial charge in [-0.2, -0.15) is 0 Å². The molecular weight excluding hydrogens is 252 g/mol. The third-order valence-electron chi connectivity index (χ3n) is 3.16. The molecule has 104 valence electrons. The van der Waals surface area contributed by atoms with Crippen LogP contribution in [0.5, 0.6) is 0 Å². The summed E-state index contributed by atoms with van der Waals surface area (Å²) in [5.74, 6) is -2.46. The number of barbiturate groups is 1. The van der Waals surface area contributed by atoms with E-state index in [1.165, 1.54) is 20.0 Å². The topological polar surface area (TPSA) is 95.0 Å². The summed E-state index contributed by atoms with van der Waals surface area (Å²) >= 11 is 0. The fourth-order valence-corrected chi connectivity index (χ4v) is 1.98. The van der Waals surface area contributed by atoms with Crippen molar-refractivity contribution in [1.82, 2.24) is 9.80 Å². The summed E-state index contributed by atoms with van der Waals surface area (Å²) in [5.41, 5.74) is -1.52. The molecule has 1 atom stereocenters. The second-order valence-electron chi connectivity index (χ2n) is 4.58. The SMILES string of the molecule is C=CCN1C(=O)N(C)C(=O)C(C)(CCC(=O)O)C1=O. The van der Waals surface area contributed by atoms with E-state index in [4.69, 9.17) is 5.11 Å². The first-order valence-corrected chi connectivity index (χ1v) is 5.72. The highest BCUT2D eigenvalue weighted by Gasteiger charge is 2.52. The molecule has 0 aromatic carbocycles. The highest BCUT2D eigenvalue weighted by molar-refractivity contribution is 6.18. The Morgan fingerprint density at radius 2 is 1.95 bits per heavy atom. The minimum atomic E-state index is -1.52. The quantitative estimate of drug-likeness (QED) is 0.577. The van der Waals surface area contributed by atoms with Crippen LogP contribution in [0.25, 0.3) is 0 Å². The summed E-state index contributed by atoms with van der Waals surface area (Å²) in [6.45, 7) is 4.79. The van der Waals surface area contributed by atoms with Crippen LogP contribution in [0.2, 0.25) is 0 Å². The predicted octanol–water partition coefficient (Wildman–Crippen LogP) is 0.464. The second kappa shape index (κ2) is 5.21. The molecule has 1 aliphatic heterocycles. The highest BCUT2D eigenvalue weighted by atomic mass is 16.4. The van der Waals surface area contributed by atoms with E-state index in [9.17, 15) is 19.2 Å². The number of carbonyl (C=O) groups is 4. The standard InChI is InChI=1S/C12H16N2O5/c1-4-7-14-10(18)12(2,6-5-8(15)16)9(17)13(3)11(14)19/h4H,1,5-7H2,2-3H3,(H,15,16). The summed E-state index contributed by atoms with van der Waals surface area (Å²) < 4.78 is 0. The zero-order chi connectivity index (χ0) is 14.8. The van der Waals surface area contributed by atoms with Crippen LogP contribution in [0.3, 0.4) is 0 Å². The molecule has 1 N–H and O–H groups in total. The molecule has 1 aliphatic rings. The molecule has 7 heteroatoms. The number of carboxylic acids is 1. The highest BCUT2D eigenvalue weighted by Crippen LogP contribution is 2.33. The fraction of sp³-hybridized carbons (Fsp3) is 0.500. The molecule has 19 heavy (non-hydrogen) atoms. The maximum absolute atomic E-state index is 12.2. The molecule has 1 rings (SSSR count). The Kier molecular flexibility index (Phi) is 4.08. The lowest BCUT2D eigenvalue weighted by Crippen LogP contribution is -2.63. The van der Waals surface area contributed by atoms with Gasteiger partial charge >= 0.3 is 12.0 Å². The summed E-state index contributed by atoms with van der Waals surface area (Å²) in [6, 6.07) is -0.720. The second-order valence-corrected chi connectivity index (χ2v) is 4.58. The average Bonchev–Trinajstić information content (AvgIpc) is 2.37. The van der Waals surface area contributed by atoms with Gasteiger partial charge in [0.2, 0.25) is 11.8 Å². The number of nitrogens with zero attached hydrogens (tertiary/aromatic N) is 2. The zero-order valence-corrected chi connectivity index (χ0v) is 10.9. The molecule has 0 radical (unpaired) electrons. The molecule has 0 spiro atoms. The van der Waals surface area contributed by atoms with Crippen LogP contribution in [0.15, 0.2) is 12.7 Å². The van der Waals surface area contributed by atoms with Gasteiger partial charge in [-0.1, -0.05) is 6.08 Å². The molecule has 0 bridgehead atoms. The first kappa shape index (κ1) is 14.9. The number of amides is 4. The van der Waals surface area contributed by atoms with Gasteiger partial charge in [-0.3, -0.25) is 24.2 Å². The molecule has 1 fully saturated rings. The van der Waals surface area contributed by atoms with Crippen molar-refractivity contribution >= 4 is 23.8 Å². The van der Waals surface area contributed by atoms with Crippen LogP contribution < -0.4 is 0 Å². The minimum absolute atomic E-state index is 0.0159. The van der Waals surface area contributed by atoms with E-state index in [0.29, 0.717) is 0 Å². The van der Waals surface area contributed by atoms with E-state index in [-0.39, 0.29) is 19.4 Å². The van der Waals surface area contributed by atoms with E-state index in [2.05, 4.69) is 6.58 Å². The van der Waals surface area contributed by atoms with Gasteiger partial charge < -0.3 is 5.11 Å². The van der Waals surface area contributed by atoms with Gasteiger partial charge in [0, 0.05) is 20.0 Å². The molecule has 4 amide bonds. The van der Waals surface area contributed by atoms with E-state index >= 15 is 0 Å². The van der Waals surface area contributed by atoms with Gasteiger partial charge in [0.05, 0.1) is 0 Å². The Morgan fingerprint density at radius 1 is 1.37 bits per heavy atom. The maximum atomic E-state index is 12.2. The number of aliphatic carboxylic acids is 1. The van der Waals surface area contributed by atoms with Crippen LogP contribution in [0, 0.1) is 5.41 Å². The van der Waals surface area contributed by atoms with Crippen molar-refractivity contribution in [3.8, 4) is 0 Å². The predicted molar refractivity (Wildman–Crippen MR) is 65.1 cm³/mol. The van der Waals surface area contributed by atoms with E-state index in [0.717, 1.165) is 9.80 Å². The van der Waals surface area contributed by atoms with Crippen LogP contribution in [-0.4, -0.2) is 52.3 Å². The molecule has 7 nitrogen and oxygen atoms in total. The van der Waals surface area contributed by atoms with Crippen molar-refractivity contribution in [3.63, 3.8) is 0 Å².